The molecule has 40 heavy (non-hydrogen) atoms. The van der Waals surface area contributed by atoms with Crippen molar-refractivity contribution in [1.29, 1.82) is 0 Å². The van der Waals surface area contributed by atoms with Crippen LogP contribution in [0.25, 0.3) is 21.8 Å². The van der Waals surface area contributed by atoms with E-state index in [1.54, 1.807) is 11.1 Å². The Morgan fingerprint density at radius 2 is 2.05 bits per heavy atom. The molecule has 4 aliphatic rings. The number of likely N-dealkylation sites (tertiary alicyclic amines) is 1. The number of carbonyl (C=O) groups is 1. The topological polar surface area (TPSA) is 76.9 Å². The van der Waals surface area contributed by atoms with Crippen LogP contribution in [0.3, 0.4) is 0 Å². The van der Waals surface area contributed by atoms with Gasteiger partial charge >= 0.3 is 6.09 Å². The van der Waals surface area contributed by atoms with Crippen LogP contribution < -0.4 is 10.2 Å². The fraction of sp³-hybridized carbons (Fsp3) is 0.567. The van der Waals surface area contributed by atoms with Gasteiger partial charge in [-0.2, -0.15) is 0 Å². The lowest BCUT2D eigenvalue weighted by Gasteiger charge is -2.39. The van der Waals surface area contributed by atoms with Gasteiger partial charge in [0.05, 0.1) is 22.1 Å². The Morgan fingerprint density at radius 1 is 1.30 bits per heavy atom. The number of pyridine rings is 2. The van der Waals surface area contributed by atoms with Crippen LogP contribution in [-0.4, -0.2) is 69.4 Å². The minimum Gasteiger partial charge on any atom is -0.472 e. The summed E-state index contributed by atoms with van der Waals surface area (Å²) in [6.45, 7) is 10.9. The van der Waals surface area contributed by atoms with Gasteiger partial charge in [0.15, 0.2) is 11.2 Å². The summed E-state index contributed by atoms with van der Waals surface area (Å²) in [6, 6.07) is 3.44. The van der Waals surface area contributed by atoms with Crippen LogP contribution in [0.15, 0.2) is 27.6 Å². The van der Waals surface area contributed by atoms with Crippen molar-refractivity contribution < 1.29 is 18.7 Å². The summed E-state index contributed by atoms with van der Waals surface area (Å²) in [4.78, 5) is 35.2. The van der Waals surface area contributed by atoms with Crippen molar-refractivity contribution in [1.82, 2.24) is 19.4 Å². The maximum absolute atomic E-state index is 15.8. The smallest absolute Gasteiger partial charge is 0.410 e. The van der Waals surface area contributed by atoms with Gasteiger partial charge < -0.3 is 18.9 Å². The van der Waals surface area contributed by atoms with Crippen LogP contribution in [0.5, 0.6) is 5.88 Å². The predicted octanol–water partition coefficient (Wildman–Crippen LogP) is 5.80. The molecule has 5 heterocycles. The molecule has 2 bridgehead atoms. The molecule has 1 aliphatic carbocycles. The molecule has 2 aromatic heterocycles. The molecular weight excluding hydrogens is 579 g/mol. The van der Waals surface area contributed by atoms with Crippen LogP contribution in [0.4, 0.5) is 9.18 Å². The third kappa shape index (κ3) is 4.38. The first-order chi connectivity index (χ1) is 18.9. The molecular formula is C30H36BrFN4O4. The largest absolute Gasteiger partial charge is 0.472 e. The van der Waals surface area contributed by atoms with Crippen LogP contribution in [0, 0.1) is 18.7 Å². The Morgan fingerprint density at radius 3 is 2.73 bits per heavy atom. The summed E-state index contributed by atoms with van der Waals surface area (Å²) in [5.74, 6) is -0.134. The number of aromatic nitrogens is 2. The number of hydrogen-bond acceptors (Lipinski definition) is 6. The summed E-state index contributed by atoms with van der Waals surface area (Å²) in [5.41, 5.74) is 0.642. The van der Waals surface area contributed by atoms with E-state index in [1.165, 1.54) is 6.07 Å². The minimum atomic E-state index is -0.593. The first kappa shape index (κ1) is 27.4. The minimum absolute atomic E-state index is 0.0699. The van der Waals surface area contributed by atoms with Gasteiger partial charge in [0.2, 0.25) is 5.88 Å². The van der Waals surface area contributed by atoms with E-state index in [-0.39, 0.29) is 53.1 Å². The number of likely N-dealkylation sites (N-methyl/N-ethyl adjacent to an activating group) is 1. The van der Waals surface area contributed by atoms with Gasteiger partial charge in [-0.3, -0.25) is 9.69 Å². The molecule has 10 heteroatoms. The van der Waals surface area contributed by atoms with Gasteiger partial charge in [-0.1, -0.05) is 0 Å². The van der Waals surface area contributed by atoms with Crippen LogP contribution in [0.2, 0.25) is 0 Å². The van der Waals surface area contributed by atoms with Gasteiger partial charge in [0.25, 0.3) is 0 Å². The van der Waals surface area contributed by atoms with Crippen molar-refractivity contribution >= 4 is 43.8 Å². The number of benzene rings is 1. The summed E-state index contributed by atoms with van der Waals surface area (Å²) in [7, 11) is 2.07. The Hall–Kier alpha value is -2.72. The SMILES string of the molecule is Cc1cc2c(nc(O[C@@H](C)[C@@H]3CCCN3C)c3c(=O)ccn(C4[C@@H]5C[C@H]4N(C(=O)OC(C)(C)C)C5)c32)c(F)c1Br. The molecule has 1 amide bonds. The van der Waals surface area contributed by atoms with Gasteiger partial charge in [-0.15, -0.1) is 0 Å². The normalized spacial score (nSPS) is 25.4. The number of rotatable bonds is 4. The Balaban J connectivity index is 1.51. The number of carbonyl (C=O) groups excluding carboxylic acids is 1. The molecule has 8 nitrogen and oxygen atoms in total. The lowest BCUT2D eigenvalue weighted by atomic mass is 9.79. The van der Waals surface area contributed by atoms with E-state index in [0.29, 0.717) is 32.9 Å². The second-order valence-corrected chi connectivity index (χ2v) is 13.4. The lowest BCUT2D eigenvalue weighted by Crippen LogP contribution is -2.44. The Kier molecular flexibility index (Phi) is 6.65. The quantitative estimate of drug-likeness (QED) is 0.346. The third-order valence-electron chi connectivity index (χ3n) is 8.79. The van der Waals surface area contributed by atoms with Gasteiger partial charge in [-0.25, -0.2) is 14.2 Å². The van der Waals surface area contributed by atoms with Crippen LogP contribution >= 0.6 is 15.9 Å². The molecule has 0 N–H and O–H groups in total. The van der Waals surface area contributed by atoms with E-state index in [0.717, 1.165) is 25.8 Å². The number of halogens is 2. The molecule has 3 aliphatic heterocycles. The zero-order valence-corrected chi connectivity index (χ0v) is 25.4. The Labute approximate surface area is 241 Å². The standard InChI is InChI=1S/C30H36BrFN4O4/c1-15-12-18-25(24(32)23(15)31)33-28(39-16(2)19-8-7-10-34(19)6)22-21(37)9-11-35(27(18)22)26-17-13-20(26)36(14-17)29(38)40-30(3,4)5/h9,11-12,16-17,19-20,26H,7-8,10,13-14H2,1-6H3/t16-,17+,19-,20+,26?/m0/s1. The summed E-state index contributed by atoms with van der Waals surface area (Å²) in [6.07, 6.45) is 4.12. The number of amides is 1. The summed E-state index contributed by atoms with van der Waals surface area (Å²) in [5, 5.41) is 0.901. The van der Waals surface area contributed by atoms with Crippen molar-refractivity contribution in [3.05, 3.63) is 44.4 Å². The van der Waals surface area contributed by atoms with E-state index in [9.17, 15) is 9.59 Å². The number of ether oxygens (including phenoxy) is 2. The third-order valence-corrected chi connectivity index (χ3v) is 9.77. The highest BCUT2D eigenvalue weighted by molar-refractivity contribution is 9.10. The lowest BCUT2D eigenvalue weighted by molar-refractivity contribution is 0.0210. The molecule has 7 rings (SSSR count). The van der Waals surface area contributed by atoms with E-state index in [1.807, 2.05) is 40.7 Å². The Bertz CT molecular complexity index is 1580. The number of fused-ring (bicyclic) bond motifs is 4. The molecule has 214 valence electrons. The van der Waals surface area contributed by atoms with Crippen molar-refractivity contribution in [3.63, 3.8) is 0 Å². The molecule has 4 fully saturated rings. The average Bonchev–Trinajstić information content (AvgIpc) is 3.59. The highest BCUT2D eigenvalue weighted by Gasteiger charge is 2.55. The van der Waals surface area contributed by atoms with Crippen molar-refractivity contribution in [2.75, 3.05) is 20.1 Å². The van der Waals surface area contributed by atoms with E-state index >= 15 is 4.39 Å². The highest BCUT2D eigenvalue weighted by Crippen LogP contribution is 2.51. The van der Waals surface area contributed by atoms with Gasteiger partial charge in [-0.05, 0) is 95.0 Å². The maximum Gasteiger partial charge on any atom is 0.410 e. The summed E-state index contributed by atoms with van der Waals surface area (Å²) < 4.78 is 30.3. The molecule has 0 radical (unpaired) electrons. The molecule has 0 spiro atoms. The van der Waals surface area contributed by atoms with Crippen LogP contribution in [-0.2, 0) is 4.74 Å². The summed E-state index contributed by atoms with van der Waals surface area (Å²) >= 11 is 3.38. The van der Waals surface area contributed by atoms with E-state index in [2.05, 4.69) is 37.4 Å². The van der Waals surface area contributed by atoms with Gasteiger partial charge in [0.1, 0.15) is 22.6 Å². The van der Waals surface area contributed by atoms with E-state index < -0.39 is 11.4 Å². The molecule has 1 saturated carbocycles. The first-order valence-corrected chi connectivity index (χ1v) is 14.8. The number of hydrogen-bond donors (Lipinski definition) is 0. The van der Waals surface area contributed by atoms with Crippen LogP contribution in [0.1, 0.15) is 58.6 Å². The fourth-order valence-electron chi connectivity index (χ4n) is 6.87. The molecule has 3 aromatic rings. The highest BCUT2D eigenvalue weighted by atomic mass is 79.9. The zero-order chi connectivity index (χ0) is 28.7. The monoisotopic (exact) mass is 614 g/mol. The molecule has 5 atom stereocenters. The number of aryl methyl sites for hydroxylation is 1. The maximum atomic E-state index is 15.8. The van der Waals surface area contributed by atoms with Gasteiger partial charge in [0, 0.05) is 36.2 Å². The zero-order valence-electron chi connectivity index (χ0n) is 23.8. The van der Waals surface area contributed by atoms with Crippen molar-refractivity contribution in [2.45, 2.75) is 83.7 Å². The average molecular weight is 616 g/mol. The van der Waals surface area contributed by atoms with Crippen molar-refractivity contribution in [3.8, 4) is 5.88 Å². The second kappa shape index (κ2) is 9.69. The molecule has 1 unspecified atom stereocenters. The van der Waals surface area contributed by atoms with Crippen molar-refractivity contribution in [2.24, 2.45) is 5.92 Å². The second-order valence-electron chi connectivity index (χ2n) is 12.6. The fourth-order valence-corrected chi connectivity index (χ4v) is 7.18. The molecule has 1 aromatic carbocycles. The van der Waals surface area contributed by atoms with E-state index in [4.69, 9.17) is 9.47 Å². The number of nitrogens with zero attached hydrogens (tertiary/aromatic N) is 4. The predicted molar refractivity (Wildman–Crippen MR) is 156 cm³/mol. The first-order valence-electron chi connectivity index (χ1n) is 14.1. The molecule has 3 saturated heterocycles.